The summed E-state index contributed by atoms with van der Waals surface area (Å²) in [5.74, 6) is 1.42. The number of aromatic amines is 2. The predicted molar refractivity (Wildman–Crippen MR) is 144 cm³/mol. The largest absolute Gasteiger partial charge is 0.467 e. The highest BCUT2D eigenvalue weighted by molar-refractivity contribution is 5.97. The maximum absolute atomic E-state index is 12.8. The molecule has 6 rings (SSSR count). The van der Waals surface area contributed by atoms with Gasteiger partial charge in [-0.15, -0.1) is 0 Å². The molecule has 0 radical (unpaired) electrons. The number of nitrogens with one attached hydrogen (secondary N) is 3. The number of piperazine rings is 1. The molecule has 3 N–H and O–H groups in total. The summed E-state index contributed by atoms with van der Waals surface area (Å²) in [6.45, 7) is 7.24. The van der Waals surface area contributed by atoms with Crippen LogP contribution in [0.1, 0.15) is 6.92 Å². The first-order chi connectivity index (χ1) is 18.1. The van der Waals surface area contributed by atoms with Gasteiger partial charge in [-0.2, -0.15) is 5.10 Å². The Morgan fingerprint density at radius 1 is 1.08 bits per heavy atom. The van der Waals surface area contributed by atoms with Gasteiger partial charge < -0.3 is 24.8 Å². The van der Waals surface area contributed by atoms with Crippen molar-refractivity contribution in [2.45, 2.75) is 6.92 Å². The van der Waals surface area contributed by atoms with Crippen molar-refractivity contribution >= 4 is 39.0 Å². The number of fused-ring (bicyclic) bond motifs is 2. The topological polar surface area (TPSA) is 128 Å². The minimum absolute atomic E-state index is 0.221. The summed E-state index contributed by atoms with van der Waals surface area (Å²) in [6.07, 6.45) is 4.92. The lowest BCUT2D eigenvalue weighted by atomic mass is 10.1. The molecular weight excluding hydrogens is 470 g/mol. The van der Waals surface area contributed by atoms with Crippen LogP contribution < -0.4 is 20.5 Å². The quantitative estimate of drug-likeness (QED) is 0.324. The molecule has 0 saturated carbocycles. The summed E-state index contributed by atoms with van der Waals surface area (Å²) in [4.78, 5) is 33.4. The van der Waals surface area contributed by atoms with Gasteiger partial charge in [0, 0.05) is 61.4 Å². The summed E-state index contributed by atoms with van der Waals surface area (Å²) in [6, 6.07) is 10.00. The van der Waals surface area contributed by atoms with E-state index in [4.69, 9.17) is 9.72 Å². The SMILES string of the molecule is CCN1CCN(c2n[nH]c3cc(Nc4nc(-c5cnc(OC)nc5)cc5cc[nH]c(=O)c45)ccc23)CC1. The van der Waals surface area contributed by atoms with Gasteiger partial charge in [0.1, 0.15) is 5.82 Å². The van der Waals surface area contributed by atoms with Crippen LogP contribution in [0.3, 0.4) is 0 Å². The summed E-state index contributed by atoms with van der Waals surface area (Å²) in [7, 11) is 1.52. The molecule has 11 heteroatoms. The van der Waals surface area contributed by atoms with Crippen LogP contribution in [0.2, 0.25) is 0 Å². The van der Waals surface area contributed by atoms with Gasteiger partial charge >= 0.3 is 6.01 Å². The van der Waals surface area contributed by atoms with Crippen molar-refractivity contribution in [2.24, 2.45) is 0 Å². The van der Waals surface area contributed by atoms with Crippen LogP contribution in [0.5, 0.6) is 6.01 Å². The van der Waals surface area contributed by atoms with Crippen LogP contribution in [0.15, 0.2) is 53.7 Å². The minimum atomic E-state index is -0.221. The van der Waals surface area contributed by atoms with Crippen molar-refractivity contribution in [3.63, 3.8) is 0 Å². The Kier molecular flexibility index (Phi) is 5.89. The van der Waals surface area contributed by atoms with E-state index in [2.05, 4.69) is 53.3 Å². The van der Waals surface area contributed by atoms with Crippen LogP contribution in [-0.4, -0.2) is 74.9 Å². The normalized spacial score (nSPS) is 14.4. The molecule has 0 bridgehead atoms. The van der Waals surface area contributed by atoms with E-state index >= 15 is 0 Å². The molecule has 1 saturated heterocycles. The first-order valence-electron chi connectivity index (χ1n) is 12.2. The number of aromatic nitrogens is 6. The van der Waals surface area contributed by atoms with E-state index in [1.807, 2.05) is 24.3 Å². The highest BCUT2D eigenvalue weighted by Gasteiger charge is 2.20. The average molecular weight is 498 g/mol. The first kappa shape index (κ1) is 22.9. The number of hydrogen-bond donors (Lipinski definition) is 3. The van der Waals surface area contributed by atoms with E-state index in [0.717, 1.165) is 60.5 Å². The van der Waals surface area contributed by atoms with Gasteiger partial charge in [-0.05, 0) is 42.3 Å². The minimum Gasteiger partial charge on any atom is -0.467 e. The Bertz CT molecular complexity index is 1620. The van der Waals surface area contributed by atoms with Crippen LogP contribution in [0.4, 0.5) is 17.3 Å². The lowest BCUT2D eigenvalue weighted by molar-refractivity contribution is 0.270. The van der Waals surface area contributed by atoms with E-state index < -0.39 is 0 Å². The monoisotopic (exact) mass is 497 g/mol. The number of H-pyrrole nitrogens is 2. The predicted octanol–water partition coefficient (Wildman–Crippen LogP) is 3.15. The maximum Gasteiger partial charge on any atom is 0.316 e. The van der Waals surface area contributed by atoms with Crippen LogP contribution in [0, 0.1) is 0 Å². The maximum atomic E-state index is 12.8. The zero-order chi connectivity index (χ0) is 25.4. The Morgan fingerprint density at radius 3 is 2.65 bits per heavy atom. The zero-order valence-electron chi connectivity index (χ0n) is 20.7. The third-order valence-corrected chi connectivity index (χ3v) is 6.79. The second-order valence-electron chi connectivity index (χ2n) is 8.94. The Morgan fingerprint density at radius 2 is 1.89 bits per heavy atom. The molecule has 0 spiro atoms. The molecule has 1 aliphatic heterocycles. The molecule has 1 fully saturated rings. The Labute approximate surface area is 212 Å². The van der Waals surface area contributed by atoms with Gasteiger partial charge in [0.15, 0.2) is 5.82 Å². The third kappa shape index (κ3) is 4.33. The molecule has 0 amide bonds. The number of anilines is 3. The van der Waals surface area contributed by atoms with Crippen molar-refractivity contribution in [3.8, 4) is 17.3 Å². The van der Waals surface area contributed by atoms with Gasteiger partial charge in [0.05, 0.1) is 23.7 Å². The van der Waals surface area contributed by atoms with Gasteiger partial charge in [-0.3, -0.25) is 9.89 Å². The van der Waals surface area contributed by atoms with Gasteiger partial charge in [-0.1, -0.05) is 6.92 Å². The van der Waals surface area contributed by atoms with Gasteiger partial charge in [0.25, 0.3) is 5.56 Å². The molecule has 37 heavy (non-hydrogen) atoms. The second-order valence-corrected chi connectivity index (χ2v) is 8.94. The molecule has 4 aromatic heterocycles. The molecule has 188 valence electrons. The number of rotatable bonds is 6. The number of benzene rings is 1. The Hall–Kier alpha value is -4.51. The molecular formula is C26H27N9O2. The number of likely N-dealkylation sites (N-methyl/N-ethyl adjacent to an activating group) is 1. The van der Waals surface area contributed by atoms with E-state index in [-0.39, 0.29) is 11.6 Å². The standard InChI is InChI=1S/C26H27N9O2/c1-3-34-8-10-35(11-9-34)24-19-5-4-18(13-21(19)32-33-24)30-23-22-16(6-7-27-25(22)36)12-20(31-23)17-14-28-26(37-2)29-15-17/h4-7,12-15H,3,8-11H2,1-2H3,(H,27,36)(H,30,31)(H,32,33). The number of ether oxygens (including phenoxy) is 1. The van der Waals surface area contributed by atoms with E-state index in [9.17, 15) is 4.79 Å². The summed E-state index contributed by atoms with van der Waals surface area (Å²) in [5.41, 5.74) is 2.83. The highest BCUT2D eigenvalue weighted by Crippen LogP contribution is 2.31. The molecule has 0 atom stereocenters. The molecule has 5 aromatic rings. The fourth-order valence-electron chi connectivity index (χ4n) is 4.74. The number of methoxy groups -OCH3 is 1. The zero-order valence-corrected chi connectivity index (χ0v) is 20.7. The second kappa shape index (κ2) is 9.51. The van der Waals surface area contributed by atoms with Crippen molar-refractivity contribution in [2.75, 3.05) is 50.1 Å². The average Bonchev–Trinajstić information content (AvgIpc) is 3.36. The fourth-order valence-corrected chi connectivity index (χ4v) is 4.74. The molecule has 0 unspecified atom stereocenters. The molecule has 0 aliphatic carbocycles. The van der Waals surface area contributed by atoms with E-state index in [1.54, 1.807) is 18.6 Å². The van der Waals surface area contributed by atoms with Crippen molar-refractivity contribution < 1.29 is 4.74 Å². The van der Waals surface area contributed by atoms with Crippen LogP contribution >= 0.6 is 0 Å². The number of hydrogen-bond acceptors (Lipinski definition) is 9. The molecule has 11 nitrogen and oxygen atoms in total. The third-order valence-electron chi connectivity index (χ3n) is 6.79. The summed E-state index contributed by atoms with van der Waals surface area (Å²) >= 11 is 0. The molecule has 1 aliphatic rings. The fraction of sp³-hybridized carbons (Fsp3) is 0.269. The van der Waals surface area contributed by atoms with Crippen LogP contribution in [0.25, 0.3) is 32.9 Å². The first-order valence-corrected chi connectivity index (χ1v) is 12.2. The van der Waals surface area contributed by atoms with Crippen molar-refractivity contribution in [1.29, 1.82) is 0 Å². The highest BCUT2D eigenvalue weighted by atomic mass is 16.5. The molecule has 1 aromatic carbocycles. The molecule has 5 heterocycles. The van der Waals surface area contributed by atoms with Crippen molar-refractivity contribution in [1.82, 2.24) is 35.0 Å². The van der Waals surface area contributed by atoms with E-state index in [1.165, 1.54) is 7.11 Å². The summed E-state index contributed by atoms with van der Waals surface area (Å²) in [5, 5.41) is 13.4. The smallest absolute Gasteiger partial charge is 0.316 e. The lowest BCUT2D eigenvalue weighted by Crippen LogP contribution is -2.46. The lowest BCUT2D eigenvalue weighted by Gasteiger charge is -2.34. The number of nitrogens with zero attached hydrogens (tertiary/aromatic N) is 6. The van der Waals surface area contributed by atoms with E-state index in [0.29, 0.717) is 22.5 Å². The number of pyridine rings is 2. The Balaban J connectivity index is 1.35. The van der Waals surface area contributed by atoms with Gasteiger partial charge in [-0.25, -0.2) is 15.0 Å². The summed E-state index contributed by atoms with van der Waals surface area (Å²) < 4.78 is 5.07. The van der Waals surface area contributed by atoms with Gasteiger partial charge in [0.2, 0.25) is 0 Å². The van der Waals surface area contributed by atoms with Crippen molar-refractivity contribution in [3.05, 3.63) is 59.3 Å². The van der Waals surface area contributed by atoms with Crippen LogP contribution in [-0.2, 0) is 0 Å².